The molecule has 2 aliphatic rings. The zero-order valence-corrected chi connectivity index (χ0v) is 15.8. The Morgan fingerprint density at radius 3 is 2.52 bits per heavy atom. The van der Waals surface area contributed by atoms with E-state index in [-0.39, 0.29) is 23.9 Å². The molecule has 1 N–H and O–H groups in total. The second-order valence-corrected chi connectivity index (χ2v) is 9.07. The average molecular weight is 368 g/mol. The first-order valence-electron chi connectivity index (χ1n) is 9.30. The van der Waals surface area contributed by atoms with E-state index in [9.17, 15) is 8.42 Å². The molecule has 1 aromatic carbocycles. The number of rotatable bonds is 6. The van der Waals surface area contributed by atoms with Gasteiger partial charge in [-0.05, 0) is 44.6 Å². The lowest BCUT2D eigenvalue weighted by Gasteiger charge is -2.32. The van der Waals surface area contributed by atoms with E-state index in [2.05, 4.69) is 35.9 Å². The summed E-state index contributed by atoms with van der Waals surface area (Å²) in [7, 11) is -3.32. The number of aryl methyl sites for hydroxylation is 1. The zero-order chi connectivity index (χ0) is 17.7. The first kappa shape index (κ1) is 18.8. The smallest absolute Gasteiger partial charge is 0.214 e. The Morgan fingerprint density at radius 2 is 1.80 bits per heavy atom. The molecule has 2 saturated heterocycles. The first-order chi connectivity index (χ1) is 12.0. The molecule has 0 radical (unpaired) electrons. The molecule has 25 heavy (non-hydrogen) atoms. The van der Waals surface area contributed by atoms with Gasteiger partial charge in [0.25, 0.3) is 0 Å². The molecule has 2 heterocycles. The van der Waals surface area contributed by atoms with Crippen LogP contribution >= 0.6 is 0 Å². The van der Waals surface area contributed by atoms with E-state index in [0.29, 0.717) is 13.2 Å². The van der Waals surface area contributed by atoms with Gasteiger partial charge < -0.3 is 9.47 Å². The Kier molecular flexibility index (Phi) is 6.49. The fraction of sp³-hybridized carbons (Fsp3) is 0.684. The predicted molar refractivity (Wildman–Crippen MR) is 98.0 cm³/mol. The molecule has 2 aliphatic heterocycles. The zero-order valence-electron chi connectivity index (χ0n) is 14.9. The molecular formula is C19H29NO4S. The van der Waals surface area contributed by atoms with Gasteiger partial charge >= 0.3 is 0 Å². The van der Waals surface area contributed by atoms with Crippen LogP contribution in [0.3, 0.4) is 0 Å². The van der Waals surface area contributed by atoms with Crippen molar-refractivity contribution in [1.82, 2.24) is 4.72 Å². The number of hydrogen-bond donors (Lipinski definition) is 1. The third kappa shape index (κ3) is 5.51. The Morgan fingerprint density at radius 1 is 1.04 bits per heavy atom. The van der Waals surface area contributed by atoms with Gasteiger partial charge in [0.15, 0.2) is 0 Å². The van der Waals surface area contributed by atoms with Crippen LogP contribution in [0.4, 0.5) is 0 Å². The molecule has 0 saturated carbocycles. The van der Waals surface area contributed by atoms with Crippen molar-refractivity contribution in [3.63, 3.8) is 0 Å². The maximum absolute atomic E-state index is 12.4. The third-order valence-electron chi connectivity index (χ3n) is 5.10. The number of benzene rings is 1. The largest absolute Gasteiger partial charge is 0.377 e. The molecule has 0 unspecified atom stereocenters. The van der Waals surface area contributed by atoms with E-state index in [4.69, 9.17) is 9.47 Å². The van der Waals surface area contributed by atoms with Crippen LogP contribution in [0.25, 0.3) is 0 Å². The van der Waals surface area contributed by atoms with Gasteiger partial charge in [0.2, 0.25) is 10.0 Å². The average Bonchev–Trinajstić information content (AvgIpc) is 2.62. The SMILES string of the molecule is Cc1ccc([C@@H]2OCCC[C@@H]2CNS(=O)(=O)C[C@@H]2CCCCO2)cc1. The molecule has 3 rings (SSSR count). The lowest BCUT2D eigenvalue weighted by atomic mass is 9.89. The van der Waals surface area contributed by atoms with Crippen LogP contribution in [-0.4, -0.2) is 40.0 Å². The summed E-state index contributed by atoms with van der Waals surface area (Å²) in [6, 6.07) is 8.33. The highest BCUT2D eigenvalue weighted by atomic mass is 32.2. The van der Waals surface area contributed by atoms with Crippen molar-refractivity contribution in [2.75, 3.05) is 25.5 Å². The van der Waals surface area contributed by atoms with Gasteiger partial charge in [0.05, 0.1) is 18.0 Å². The van der Waals surface area contributed by atoms with Crippen molar-refractivity contribution < 1.29 is 17.9 Å². The van der Waals surface area contributed by atoms with E-state index in [1.165, 1.54) is 5.56 Å². The Hall–Kier alpha value is -0.950. The highest BCUT2D eigenvalue weighted by Crippen LogP contribution is 2.33. The molecule has 2 fully saturated rings. The van der Waals surface area contributed by atoms with E-state index >= 15 is 0 Å². The van der Waals surface area contributed by atoms with E-state index < -0.39 is 10.0 Å². The van der Waals surface area contributed by atoms with Crippen molar-refractivity contribution in [3.05, 3.63) is 35.4 Å². The van der Waals surface area contributed by atoms with Gasteiger partial charge in [0, 0.05) is 25.7 Å². The van der Waals surface area contributed by atoms with Crippen LogP contribution in [0.1, 0.15) is 49.3 Å². The second kappa shape index (κ2) is 8.62. The summed E-state index contributed by atoms with van der Waals surface area (Å²) in [5.41, 5.74) is 2.34. The minimum atomic E-state index is -3.32. The highest BCUT2D eigenvalue weighted by Gasteiger charge is 2.29. The third-order valence-corrected chi connectivity index (χ3v) is 6.51. The highest BCUT2D eigenvalue weighted by molar-refractivity contribution is 7.89. The molecule has 0 amide bonds. The van der Waals surface area contributed by atoms with Crippen LogP contribution in [0.2, 0.25) is 0 Å². The number of nitrogens with one attached hydrogen (secondary N) is 1. The van der Waals surface area contributed by atoms with Gasteiger partial charge in [-0.15, -0.1) is 0 Å². The Balaban J connectivity index is 1.58. The van der Waals surface area contributed by atoms with Crippen molar-refractivity contribution in [3.8, 4) is 0 Å². The predicted octanol–water partition coefficient (Wildman–Crippen LogP) is 2.95. The Bertz CT molecular complexity index is 638. The summed E-state index contributed by atoms with van der Waals surface area (Å²) in [6.07, 6.45) is 4.65. The Labute approximate surface area is 151 Å². The fourth-order valence-electron chi connectivity index (χ4n) is 3.65. The van der Waals surface area contributed by atoms with Crippen LogP contribution in [-0.2, 0) is 19.5 Å². The minimum absolute atomic E-state index is 0.0389. The van der Waals surface area contributed by atoms with Crippen molar-refractivity contribution in [1.29, 1.82) is 0 Å². The van der Waals surface area contributed by atoms with Gasteiger partial charge in [0.1, 0.15) is 0 Å². The van der Waals surface area contributed by atoms with Crippen LogP contribution in [0.15, 0.2) is 24.3 Å². The summed E-state index contributed by atoms with van der Waals surface area (Å²) in [6.45, 7) is 3.89. The minimum Gasteiger partial charge on any atom is -0.377 e. The van der Waals surface area contributed by atoms with Crippen molar-refractivity contribution in [2.45, 2.75) is 51.2 Å². The van der Waals surface area contributed by atoms with Crippen molar-refractivity contribution >= 4 is 10.0 Å². The molecule has 3 atom stereocenters. The summed E-state index contributed by atoms with van der Waals surface area (Å²) in [5, 5.41) is 0. The summed E-state index contributed by atoms with van der Waals surface area (Å²) in [4.78, 5) is 0. The summed E-state index contributed by atoms with van der Waals surface area (Å²) >= 11 is 0. The van der Waals surface area contributed by atoms with Crippen LogP contribution in [0.5, 0.6) is 0 Å². The van der Waals surface area contributed by atoms with Gasteiger partial charge in [-0.25, -0.2) is 13.1 Å². The quantitative estimate of drug-likeness (QED) is 0.840. The summed E-state index contributed by atoms with van der Waals surface area (Å²) < 4.78 is 39.1. The molecule has 140 valence electrons. The van der Waals surface area contributed by atoms with Gasteiger partial charge in [-0.1, -0.05) is 29.8 Å². The van der Waals surface area contributed by atoms with Crippen LogP contribution in [0, 0.1) is 12.8 Å². The summed E-state index contributed by atoms with van der Waals surface area (Å²) in [5.74, 6) is 0.231. The van der Waals surface area contributed by atoms with E-state index in [1.54, 1.807) is 0 Å². The monoisotopic (exact) mass is 367 g/mol. The molecule has 0 aromatic heterocycles. The van der Waals surface area contributed by atoms with E-state index in [1.807, 2.05) is 0 Å². The first-order valence-corrected chi connectivity index (χ1v) is 11.0. The molecule has 5 nitrogen and oxygen atoms in total. The van der Waals surface area contributed by atoms with Crippen LogP contribution < -0.4 is 4.72 Å². The lowest BCUT2D eigenvalue weighted by molar-refractivity contribution is -0.0262. The second-order valence-electron chi connectivity index (χ2n) is 7.22. The number of ether oxygens (including phenoxy) is 2. The van der Waals surface area contributed by atoms with E-state index in [0.717, 1.165) is 44.3 Å². The number of sulfonamides is 1. The topological polar surface area (TPSA) is 64.6 Å². The van der Waals surface area contributed by atoms with Crippen molar-refractivity contribution in [2.24, 2.45) is 5.92 Å². The number of hydrogen-bond acceptors (Lipinski definition) is 4. The standard InChI is InChI=1S/C19H29NO4S/c1-15-7-9-16(10-8-15)19-17(5-4-12-24-19)13-20-25(21,22)14-18-6-2-3-11-23-18/h7-10,17-20H,2-6,11-14H2,1H3/t17-,18+,19+/m1/s1. The van der Waals surface area contributed by atoms with Gasteiger partial charge in [-0.3, -0.25) is 0 Å². The molecule has 6 heteroatoms. The maximum Gasteiger partial charge on any atom is 0.214 e. The molecule has 0 spiro atoms. The molecule has 0 aliphatic carbocycles. The molecule has 0 bridgehead atoms. The van der Waals surface area contributed by atoms with Gasteiger partial charge in [-0.2, -0.15) is 0 Å². The maximum atomic E-state index is 12.4. The normalized spacial score (nSPS) is 28.0. The lowest BCUT2D eigenvalue weighted by Crippen LogP contribution is -2.39. The molecule has 1 aromatic rings. The fourth-order valence-corrected chi connectivity index (χ4v) is 4.99. The molecular weight excluding hydrogens is 338 g/mol.